The van der Waals surface area contributed by atoms with Gasteiger partial charge in [0.15, 0.2) is 0 Å². The summed E-state index contributed by atoms with van der Waals surface area (Å²) >= 11 is 0. The molecule has 1 aromatic carbocycles. The van der Waals surface area contributed by atoms with E-state index in [1.54, 1.807) is 6.07 Å². The molecular formula is C13H17N3O4S. The number of likely N-dealkylation sites (N-methyl/N-ethyl adjacent to an activating group) is 1. The molecule has 3 rings (SSSR count). The van der Waals surface area contributed by atoms with Crippen molar-refractivity contribution in [3.63, 3.8) is 0 Å². The van der Waals surface area contributed by atoms with Gasteiger partial charge in [-0.1, -0.05) is 0 Å². The van der Waals surface area contributed by atoms with Crippen molar-refractivity contribution in [1.29, 1.82) is 0 Å². The lowest BCUT2D eigenvalue weighted by atomic mass is 10.2. The summed E-state index contributed by atoms with van der Waals surface area (Å²) < 4.78 is 26.5. The average molecular weight is 311 g/mol. The van der Waals surface area contributed by atoms with Crippen molar-refractivity contribution < 1.29 is 18.3 Å². The van der Waals surface area contributed by atoms with E-state index in [0.29, 0.717) is 24.3 Å². The molecule has 0 unspecified atom stereocenters. The van der Waals surface area contributed by atoms with Crippen LogP contribution in [0.25, 0.3) is 0 Å². The molecule has 0 radical (unpaired) electrons. The van der Waals surface area contributed by atoms with E-state index in [1.165, 1.54) is 23.5 Å². The Balaban J connectivity index is 1.92. The van der Waals surface area contributed by atoms with Crippen LogP contribution in [0.15, 0.2) is 23.1 Å². The summed E-state index contributed by atoms with van der Waals surface area (Å²) in [7, 11) is -2.23. The maximum Gasteiger partial charge on any atom is 0.243 e. The number of β-amino-alcohol motifs (C(OH)–C–C–N with tert-alkyl or cyclic N) is 1. The molecule has 114 valence electrons. The minimum Gasteiger partial charge on any atom is -0.390 e. The topological polar surface area (TPSA) is 98.7 Å². The van der Waals surface area contributed by atoms with Crippen LogP contribution in [0.1, 0.15) is 5.56 Å². The second-order valence-corrected chi connectivity index (χ2v) is 7.36. The van der Waals surface area contributed by atoms with E-state index in [-0.39, 0.29) is 17.2 Å². The number of nitrogens with zero attached hydrogens (tertiary/aromatic N) is 1. The average Bonchev–Trinajstić information content (AvgIpc) is 3.01. The van der Waals surface area contributed by atoms with Crippen LogP contribution >= 0.6 is 0 Å². The molecule has 3 N–H and O–H groups in total. The fraction of sp³-hybridized carbons (Fsp3) is 0.462. The highest BCUT2D eigenvalue weighted by molar-refractivity contribution is 7.89. The summed E-state index contributed by atoms with van der Waals surface area (Å²) in [5, 5.41) is 15.5. The van der Waals surface area contributed by atoms with Crippen molar-refractivity contribution in [3.8, 4) is 0 Å². The summed E-state index contributed by atoms with van der Waals surface area (Å²) in [6.45, 7) is 0.801. The number of nitrogens with one attached hydrogen (secondary N) is 2. The molecule has 2 aliphatic heterocycles. The van der Waals surface area contributed by atoms with Crippen LogP contribution in [0.3, 0.4) is 0 Å². The fourth-order valence-electron chi connectivity index (χ4n) is 2.73. The SMILES string of the molecule is CN([C@@H]1CNC[C@H]1O)S(=O)(=O)c1ccc2c(c1)CC(=O)N2. The molecule has 0 bridgehead atoms. The van der Waals surface area contributed by atoms with Gasteiger partial charge in [-0.3, -0.25) is 4.79 Å². The Labute approximate surface area is 123 Å². The van der Waals surface area contributed by atoms with Gasteiger partial charge in [0.05, 0.1) is 23.5 Å². The summed E-state index contributed by atoms with van der Waals surface area (Å²) in [6.07, 6.45) is -0.529. The van der Waals surface area contributed by atoms with E-state index in [9.17, 15) is 18.3 Å². The number of carbonyl (C=O) groups is 1. The van der Waals surface area contributed by atoms with Crippen molar-refractivity contribution in [3.05, 3.63) is 23.8 Å². The third-order valence-electron chi connectivity index (χ3n) is 4.00. The number of fused-ring (bicyclic) bond motifs is 1. The summed E-state index contributed by atoms with van der Waals surface area (Å²) in [4.78, 5) is 11.5. The van der Waals surface area contributed by atoms with Crippen molar-refractivity contribution in [2.24, 2.45) is 0 Å². The minimum absolute atomic E-state index is 0.136. The molecule has 21 heavy (non-hydrogen) atoms. The summed E-state index contributed by atoms with van der Waals surface area (Å²) in [5.74, 6) is -0.136. The minimum atomic E-state index is -3.70. The molecule has 1 fully saturated rings. The fourth-order valence-corrected chi connectivity index (χ4v) is 4.17. The smallest absolute Gasteiger partial charge is 0.243 e. The maximum atomic E-state index is 12.6. The predicted octanol–water partition coefficient (Wildman–Crippen LogP) is -0.866. The second kappa shape index (κ2) is 5.06. The van der Waals surface area contributed by atoms with Crippen LogP contribution in [-0.4, -0.2) is 56.0 Å². The zero-order chi connectivity index (χ0) is 15.2. The number of hydrogen-bond acceptors (Lipinski definition) is 5. The van der Waals surface area contributed by atoms with Crippen LogP contribution < -0.4 is 10.6 Å². The number of benzene rings is 1. The molecule has 0 saturated carbocycles. The largest absolute Gasteiger partial charge is 0.390 e. The number of aliphatic hydroxyl groups is 1. The molecule has 2 heterocycles. The first-order chi connectivity index (χ1) is 9.89. The van der Waals surface area contributed by atoms with Gasteiger partial charge in [-0.05, 0) is 23.8 Å². The lowest BCUT2D eigenvalue weighted by Gasteiger charge is -2.25. The normalized spacial score (nSPS) is 25.2. The standard InChI is InChI=1S/C13H17N3O4S/c1-16(11-6-14-7-12(11)17)21(19,20)9-2-3-10-8(4-9)5-13(18)15-10/h2-4,11-12,14,17H,5-7H2,1H3,(H,15,18)/t11-,12-/m1/s1. The van der Waals surface area contributed by atoms with E-state index >= 15 is 0 Å². The predicted molar refractivity (Wildman–Crippen MR) is 76.4 cm³/mol. The third kappa shape index (κ3) is 2.44. The highest BCUT2D eigenvalue weighted by atomic mass is 32.2. The van der Waals surface area contributed by atoms with E-state index < -0.39 is 22.2 Å². The van der Waals surface area contributed by atoms with Gasteiger partial charge in [0.2, 0.25) is 15.9 Å². The molecule has 1 aromatic rings. The van der Waals surface area contributed by atoms with E-state index in [1.807, 2.05) is 0 Å². The van der Waals surface area contributed by atoms with Crippen molar-refractivity contribution in [2.75, 3.05) is 25.5 Å². The Kier molecular flexibility index (Phi) is 3.48. The molecule has 0 aromatic heterocycles. The second-order valence-electron chi connectivity index (χ2n) is 5.36. The Morgan fingerprint density at radius 3 is 2.76 bits per heavy atom. The lowest BCUT2D eigenvalue weighted by molar-refractivity contribution is -0.115. The summed E-state index contributed by atoms with van der Waals surface area (Å²) in [6, 6.07) is 4.12. The van der Waals surface area contributed by atoms with Gasteiger partial charge in [-0.2, -0.15) is 4.31 Å². The number of carbonyl (C=O) groups excluding carboxylic acids is 1. The quantitative estimate of drug-likeness (QED) is 0.674. The van der Waals surface area contributed by atoms with E-state index in [0.717, 1.165) is 0 Å². The lowest BCUT2D eigenvalue weighted by Crippen LogP contribution is -2.44. The molecule has 7 nitrogen and oxygen atoms in total. The van der Waals surface area contributed by atoms with Gasteiger partial charge in [0, 0.05) is 25.8 Å². The van der Waals surface area contributed by atoms with Gasteiger partial charge in [0.1, 0.15) is 0 Å². The van der Waals surface area contributed by atoms with Gasteiger partial charge in [-0.25, -0.2) is 8.42 Å². The van der Waals surface area contributed by atoms with Crippen LogP contribution in [0, 0.1) is 0 Å². The monoisotopic (exact) mass is 311 g/mol. The zero-order valence-corrected chi connectivity index (χ0v) is 12.4. The number of sulfonamides is 1. The highest BCUT2D eigenvalue weighted by Gasteiger charge is 2.36. The van der Waals surface area contributed by atoms with Gasteiger partial charge in [-0.15, -0.1) is 0 Å². The Morgan fingerprint density at radius 1 is 1.33 bits per heavy atom. The van der Waals surface area contributed by atoms with Crippen LogP contribution in [0.2, 0.25) is 0 Å². The molecule has 2 aliphatic rings. The number of hydrogen-bond donors (Lipinski definition) is 3. The van der Waals surface area contributed by atoms with Crippen LogP contribution in [0.4, 0.5) is 5.69 Å². The first-order valence-electron chi connectivity index (χ1n) is 6.69. The van der Waals surface area contributed by atoms with Gasteiger partial charge < -0.3 is 15.7 Å². The highest BCUT2D eigenvalue weighted by Crippen LogP contribution is 2.28. The van der Waals surface area contributed by atoms with Crippen LogP contribution in [-0.2, 0) is 21.2 Å². The van der Waals surface area contributed by atoms with E-state index in [4.69, 9.17) is 0 Å². The zero-order valence-electron chi connectivity index (χ0n) is 11.5. The molecule has 8 heteroatoms. The third-order valence-corrected chi connectivity index (χ3v) is 5.88. The summed E-state index contributed by atoms with van der Waals surface area (Å²) in [5.41, 5.74) is 1.34. The number of rotatable bonds is 3. The Morgan fingerprint density at radius 2 is 2.10 bits per heavy atom. The molecule has 0 spiro atoms. The Hall–Kier alpha value is -1.48. The van der Waals surface area contributed by atoms with E-state index in [2.05, 4.69) is 10.6 Å². The first kappa shape index (κ1) is 14.5. The Bertz CT molecular complexity index is 689. The molecule has 0 aliphatic carbocycles. The maximum absolute atomic E-state index is 12.6. The van der Waals surface area contributed by atoms with Crippen molar-refractivity contribution >= 4 is 21.6 Å². The number of aliphatic hydroxyl groups excluding tert-OH is 1. The van der Waals surface area contributed by atoms with Gasteiger partial charge in [0.25, 0.3) is 0 Å². The molecule has 2 atom stereocenters. The molecule has 1 amide bonds. The number of anilines is 1. The molecular weight excluding hydrogens is 294 g/mol. The first-order valence-corrected chi connectivity index (χ1v) is 8.13. The molecule has 1 saturated heterocycles. The van der Waals surface area contributed by atoms with Crippen LogP contribution in [0.5, 0.6) is 0 Å². The van der Waals surface area contributed by atoms with Crippen molar-refractivity contribution in [2.45, 2.75) is 23.5 Å². The van der Waals surface area contributed by atoms with Gasteiger partial charge >= 0.3 is 0 Å². The van der Waals surface area contributed by atoms with Crippen molar-refractivity contribution in [1.82, 2.24) is 9.62 Å². The number of amides is 1.